The van der Waals surface area contributed by atoms with Crippen molar-refractivity contribution >= 4 is 29.3 Å². The van der Waals surface area contributed by atoms with Crippen LogP contribution in [-0.2, 0) is 16.0 Å². The molecule has 0 saturated carbocycles. The minimum absolute atomic E-state index is 0.0109. The SMILES string of the molecule is Cc1cc2c(o1)CC(C)(C)CC2NC(=O)CCC(=O)N1CCSc2ccccc21. The quantitative estimate of drug-likeness (QED) is 0.795. The van der Waals surface area contributed by atoms with Crippen LogP contribution in [0, 0.1) is 12.3 Å². The highest BCUT2D eigenvalue weighted by atomic mass is 32.2. The molecule has 2 aliphatic rings. The molecular weight excluding hydrogens is 384 g/mol. The molecule has 154 valence electrons. The van der Waals surface area contributed by atoms with E-state index >= 15 is 0 Å². The Morgan fingerprint density at radius 2 is 2.07 bits per heavy atom. The summed E-state index contributed by atoms with van der Waals surface area (Å²) in [7, 11) is 0. The molecule has 0 bridgehead atoms. The molecule has 1 aromatic heterocycles. The van der Waals surface area contributed by atoms with Gasteiger partial charge in [0.2, 0.25) is 11.8 Å². The van der Waals surface area contributed by atoms with E-state index in [0.29, 0.717) is 6.54 Å². The van der Waals surface area contributed by atoms with Gasteiger partial charge in [-0.25, -0.2) is 0 Å². The van der Waals surface area contributed by atoms with Crippen LogP contribution in [0.1, 0.15) is 56.2 Å². The minimum atomic E-state index is -0.0782. The molecule has 0 fully saturated rings. The summed E-state index contributed by atoms with van der Waals surface area (Å²) in [6.45, 7) is 7.03. The van der Waals surface area contributed by atoms with Crippen molar-refractivity contribution < 1.29 is 14.0 Å². The van der Waals surface area contributed by atoms with E-state index in [1.165, 1.54) is 0 Å². The second-order valence-corrected chi connectivity index (χ2v) is 9.90. The van der Waals surface area contributed by atoms with E-state index in [1.54, 1.807) is 11.8 Å². The molecule has 29 heavy (non-hydrogen) atoms. The van der Waals surface area contributed by atoms with Gasteiger partial charge in [-0.05, 0) is 37.0 Å². The number of hydrogen-bond donors (Lipinski definition) is 1. The largest absolute Gasteiger partial charge is 0.466 e. The highest BCUT2D eigenvalue weighted by molar-refractivity contribution is 7.99. The molecule has 4 rings (SSSR count). The van der Waals surface area contributed by atoms with Gasteiger partial charge in [-0.15, -0.1) is 11.8 Å². The predicted octanol–water partition coefficient (Wildman–Crippen LogP) is 4.64. The van der Waals surface area contributed by atoms with Gasteiger partial charge in [0.05, 0.1) is 11.7 Å². The van der Waals surface area contributed by atoms with E-state index in [2.05, 4.69) is 19.2 Å². The number of amides is 2. The third kappa shape index (κ3) is 4.37. The molecule has 2 heterocycles. The van der Waals surface area contributed by atoms with Gasteiger partial charge in [-0.2, -0.15) is 0 Å². The zero-order valence-electron chi connectivity index (χ0n) is 17.3. The highest BCUT2D eigenvalue weighted by Gasteiger charge is 2.35. The van der Waals surface area contributed by atoms with Crippen LogP contribution in [0.2, 0.25) is 0 Å². The van der Waals surface area contributed by atoms with Crippen LogP contribution < -0.4 is 10.2 Å². The molecule has 1 N–H and O–H groups in total. The Balaban J connectivity index is 1.38. The zero-order valence-corrected chi connectivity index (χ0v) is 18.1. The van der Waals surface area contributed by atoms with Crippen molar-refractivity contribution in [1.29, 1.82) is 0 Å². The Labute approximate surface area is 176 Å². The molecule has 6 heteroatoms. The lowest BCUT2D eigenvalue weighted by Gasteiger charge is -2.34. The fraction of sp³-hybridized carbons (Fsp3) is 0.478. The lowest BCUT2D eigenvalue weighted by molar-refractivity contribution is -0.125. The Hall–Kier alpha value is -2.21. The summed E-state index contributed by atoms with van der Waals surface area (Å²) in [5, 5.41) is 3.15. The number of hydrogen-bond acceptors (Lipinski definition) is 4. The molecule has 0 spiro atoms. The van der Waals surface area contributed by atoms with E-state index in [4.69, 9.17) is 4.42 Å². The molecule has 5 nitrogen and oxygen atoms in total. The van der Waals surface area contributed by atoms with Crippen molar-refractivity contribution in [1.82, 2.24) is 5.32 Å². The molecule has 1 aliphatic heterocycles. The van der Waals surface area contributed by atoms with Gasteiger partial charge in [0, 0.05) is 42.0 Å². The van der Waals surface area contributed by atoms with Gasteiger partial charge in [0.15, 0.2) is 0 Å². The molecule has 1 aromatic carbocycles. The van der Waals surface area contributed by atoms with Crippen molar-refractivity contribution in [3.05, 3.63) is 47.4 Å². The van der Waals surface area contributed by atoms with Crippen molar-refractivity contribution in [2.24, 2.45) is 5.41 Å². The Kier molecular flexibility index (Phi) is 5.47. The fourth-order valence-electron chi connectivity index (χ4n) is 4.36. The molecule has 1 atom stereocenters. The van der Waals surface area contributed by atoms with Gasteiger partial charge in [-0.1, -0.05) is 26.0 Å². The zero-order chi connectivity index (χ0) is 20.6. The molecule has 2 amide bonds. The van der Waals surface area contributed by atoms with Crippen LogP contribution >= 0.6 is 11.8 Å². The second kappa shape index (κ2) is 7.90. The first kappa shape index (κ1) is 20.1. The van der Waals surface area contributed by atoms with Crippen molar-refractivity contribution in [3.8, 4) is 0 Å². The lowest BCUT2D eigenvalue weighted by Crippen LogP contribution is -2.38. The van der Waals surface area contributed by atoms with Gasteiger partial charge < -0.3 is 14.6 Å². The van der Waals surface area contributed by atoms with Gasteiger partial charge >= 0.3 is 0 Å². The first-order chi connectivity index (χ1) is 13.8. The highest BCUT2D eigenvalue weighted by Crippen LogP contribution is 2.42. The van der Waals surface area contributed by atoms with Crippen molar-refractivity contribution in [2.75, 3.05) is 17.2 Å². The summed E-state index contributed by atoms with van der Waals surface area (Å²) in [5.74, 6) is 2.67. The van der Waals surface area contributed by atoms with Crippen molar-refractivity contribution in [2.45, 2.75) is 57.4 Å². The summed E-state index contributed by atoms with van der Waals surface area (Å²) < 4.78 is 5.85. The number of anilines is 1. The number of nitrogens with one attached hydrogen (secondary N) is 1. The number of furan rings is 1. The number of aryl methyl sites for hydroxylation is 1. The number of benzene rings is 1. The van der Waals surface area contributed by atoms with Gasteiger partial charge in [-0.3, -0.25) is 9.59 Å². The summed E-state index contributed by atoms with van der Waals surface area (Å²) >= 11 is 1.77. The number of fused-ring (bicyclic) bond motifs is 2. The smallest absolute Gasteiger partial charge is 0.227 e. The standard InChI is InChI=1S/C23H28N2O3S/c1-15-12-16-17(13-23(2,3)14-19(16)28-15)24-21(26)8-9-22(27)25-10-11-29-20-7-5-4-6-18(20)25/h4-7,12,17H,8-11,13-14H2,1-3H3,(H,24,26). The summed E-state index contributed by atoms with van der Waals surface area (Å²) in [5.41, 5.74) is 2.12. The third-order valence-electron chi connectivity index (χ3n) is 5.67. The second-order valence-electron chi connectivity index (χ2n) is 8.76. The Bertz CT molecular complexity index is 934. The Morgan fingerprint density at radius 1 is 1.28 bits per heavy atom. The van der Waals surface area contributed by atoms with E-state index in [1.807, 2.05) is 42.2 Å². The maximum atomic E-state index is 12.8. The van der Waals surface area contributed by atoms with E-state index in [0.717, 1.165) is 46.3 Å². The van der Waals surface area contributed by atoms with Crippen LogP contribution in [0.15, 0.2) is 39.6 Å². The fourth-order valence-corrected chi connectivity index (χ4v) is 5.36. The van der Waals surface area contributed by atoms with Crippen molar-refractivity contribution in [3.63, 3.8) is 0 Å². The summed E-state index contributed by atoms with van der Waals surface area (Å²) in [4.78, 5) is 28.4. The number of thioether (sulfide) groups is 1. The lowest BCUT2D eigenvalue weighted by atomic mass is 9.74. The molecule has 0 saturated heterocycles. The van der Waals surface area contributed by atoms with Crippen LogP contribution in [0.4, 0.5) is 5.69 Å². The molecular formula is C23H28N2O3S. The monoisotopic (exact) mass is 412 g/mol. The number of carbonyl (C=O) groups excluding carboxylic acids is 2. The number of nitrogens with zero attached hydrogens (tertiary/aromatic N) is 1. The third-order valence-corrected chi connectivity index (χ3v) is 6.71. The average Bonchev–Trinajstić information content (AvgIpc) is 3.04. The van der Waals surface area contributed by atoms with E-state index in [-0.39, 0.29) is 36.1 Å². The van der Waals surface area contributed by atoms with Crippen LogP contribution in [0.25, 0.3) is 0 Å². The molecule has 1 aliphatic carbocycles. The van der Waals surface area contributed by atoms with Gasteiger partial charge in [0.25, 0.3) is 0 Å². The molecule has 1 unspecified atom stereocenters. The van der Waals surface area contributed by atoms with E-state index in [9.17, 15) is 9.59 Å². The topological polar surface area (TPSA) is 62.6 Å². The normalized spacial score (nSPS) is 20.0. The minimum Gasteiger partial charge on any atom is -0.466 e. The predicted molar refractivity (Wildman–Crippen MR) is 115 cm³/mol. The molecule has 0 radical (unpaired) electrons. The number of rotatable bonds is 4. The van der Waals surface area contributed by atoms with Crippen LogP contribution in [-0.4, -0.2) is 24.1 Å². The summed E-state index contributed by atoms with van der Waals surface area (Å²) in [6, 6.07) is 9.94. The summed E-state index contributed by atoms with van der Waals surface area (Å²) in [6.07, 6.45) is 2.18. The van der Waals surface area contributed by atoms with Gasteiger partial charge in [0.1, 0.15) is 11.5 Å². The van der Waals surface area contributed by atoms with Crippen LogP contribution in [0.3, 0.4) is 0 Å². The number of carbonyl (C=O) groups is 2. The maximum absolute atomic E-state index is 12.8. The first-order valence-corrected chi connectivity index (χ1v) is 11.2. The average molecular weight is 413 g/mol. The number of para-hydroxylation sites is 1. The maximum Gasteiger partial charge on any atom is 0.227 e. The molecule has 2 aromatic rings. The Morgan fingerprint density at radius 3 is 2.90 bits per heavy atom. The van der Waals surface area contributed by atoms with E-state index < -0.39 is 0 Å². The first-order valence-electron chi connectivity index (χ1n) is 10.2. The van der Waals surface area contributed by atoms with Crippen LogP contribution in [0.5, 0.6) is 0 Å².